The molecule has 3 N–H and O–H groups in total. The standard InChI is InChI=1S/C12H18N2O3S/c1-4-9(11(15)16)14-12(17)13-8(3)10-6-5-7(2)18-10/h5-6,8-9H,4H2,1-3H3,(H,15,16)(H2,13,14,17)/t8?,9-/m0/s1. The van der Waals surface area contributed by atoms with Crippen LogP contribution in [0.5, 0.6) is 0 Å². The predicted molar refractivity (Wildman–Crippen MR) is 70.9 cm³/mol. The van der Waals surface area contributed by atoms with E-state index in [1.165, 1.54) is 4.88 Å². The van der Waals surface area contributed by atoms with Gasteiger partial charge in [0.15, 0.2) is 0 Å². The van der Waals surface area contributed by atoms with E-state index in [-0.39, 0.29) is 6.04 Å². The molecule has 0 fully saturated rings. The molecule has 5 nitrogen and oxygen atoms in total. The first kappa shape index (κ1) is 14.5. The van der Waals surface area contributed by atoms with Crippen molar-refractivity contribution < 1.29 is 14.7 Å². The van der Waals surface area contributed by atoms with Crippen LogP contribution in [0.15, 0.2) is 12.1 Å². The lowest BCUT2D eigenvalue weighted by atomic mass is 10.2. The Labute approximate surface area is 110 Å². The molecule has 1 heterocycles. The van der Waals surface area contributed by atoms with Crippen molar-refractivity contribution in [1.82, 2.24) is 10.6 Å². The highest BCUT2D eigenvalue weighted by atomic mass is 32.1. The molecule has 6 heteroatoms. The number of carbonyl (C=O) groups is 2. The van der Waals surface area contributed by atoms with Crippen LogP contribution in [0.2, 0.25) is 0 Å². The van der Waals surface area contributed by atoms with E-state index in [0.29, 0.717) is 6.42 Å². The molecule has 0 saturated heterocycles. The number of aliphatic carboxylic acids is 1. The summed E-state index contributed by atoms with van der Waals surface area (Å²) < 4.78 is 0. The molecule has 1 rings (SSSR count). The van der Waals surface area contributed by atoms with Crippen molar-refractivity contribution in [2.75, 3.05) is 0 Å². The van der Waals surface area contributed by atoms with E-state index in [4.69, 9.17) is 5.11 Å². The summed E-state index contributed by atoms with van der Waals surface area (Å²) in [7, 11) is 0. The van der Waals surface area contributed by atoms with Gasteiger partial charge in [0.2, 0.25) is 0 Å². The average Bonchev–Trinajstić information content (AvgIpc) is 2.72. The first-order valence-corrected chi connectivity index (χ1v) is 6.61. The fraction of sp³-hybridized carbons (Fsp3) is 0.500. The lowest BCUT2D eigenvalue weighted by molar-refractivity contribution is -0.139. The molecule has 1 unspecified atom stereocenters. The van der Waals surface area contributed by atoms with Gasteiger partial charge in [0.1, 0.15) is 6.04 Å². The van der Waals surface area contributed by atoms with Gasteiger partial charge in [-0.25, -0.2) is 9.59 Å². The predicted octanol–water partition coefficient (Wildman–Crippen LogP) is 2.28. The molecule has 2 amide bonds. The van der Waals surface area contributed by atoms with Gasteiger partial charge < -0.3 is 15.7 Å². The van der Waals surface area contributed by atoms with Crippen LogP contribution in [0.3, 0.4) is 0 Å². The van der Waals surface area contributed by atoms with Gasteiger partial charge in [0.25, 0.3) is 0 Å². The van der Waals surface area contributed by atoms with Crippen molar-refractivity contribution in [1.29, 1.82) is 0 Å². The zero-order valence-electron chi connectivity index (χ0n) is 10.7. The summed E-state index contributed by atoms with van der Waals surface area (Å²) in [5.74, 6) is -1.02. The van der Waals surface area contributed by atoms with Crippen LogP contribution in [-0.4, -0.2) is 23.1 Å². The fourth-order valence-corrected chi connectivity index (χ4v) is 2.37. The third-order valence-electron chi connectivity index (χ3n) is 2.55. The molecule has 100 valence electrons. The van der Waals surface area contributed by atoms with Crippen LogP contribution in [-0.2, 0) is 4.79 Å². The Hall–Kier alpha value is -1.56. The fourth-order valence-electron chi connectivity index (χ4n) is 1.49. The highest BCUT2D eigenvalue weighted by Crippen LogP contribution is 2.21. The lowest BCUT2D eigenvalue weighted by Gasteiger charge is -2.16. The Balaban J connectivity index is 2.52. The van der Waals surface area contributed by atoms with Crippen LogP contribution in [0, 0.1) is 6.92 Å². The highest BCUT2D eigenvalue weighted by Gasteiger charge is 2.19. The number of carboxylic acid groups (broad SMARTS) is 1. The molecular weight excluding hydrogens is 252 g/mol. The van der Waals surface area contributed by atoms with E-state index < -0.39 is 18.0 Å². The third-order valence-corrected chi connectivity index (χ3v) is 3.73. The van der Waals surface area contributed by atoms with Crippen molar-refractivity contribution in [2.24, 2.45) is 0 Å². The maximum atomic E-state index is 11.6. The van der Waals surface area contributed by atoms with Gasteiger partial charge >= 0.3 is 12.0 Å². The van der Waals surface area contributed by atoms with E-state index in [1.807, 2.05) is 26.0 Å². The monoisotopic (exact) mass is 270 g/mol. The van der Waals surface area contributed by atoms with E-state index in [1.54, 1.807) is 18.3 Å². The summed E-state index contributed by atoms with van der Waals surface area (Å²) >= 11 is 1.61. The van der Waals surface area contributed by atoms with Gasteiger partial charge in [-0.1, -0.05) is 6.92 Å². The molecule has 0 spiro atoms. The summed E-state index contributed by atoms with van der Waals surface area (Å²) in [5.41, 5.74) is 0. The minimum atomic E-state index is -1.02. The summed E-state index contributed by atoms with van der Waals surface area (Å²) in [6, 6.07) is 2.52. The number of aryl methyl sites for hydroxylation is 1. The van der Waals surface area contributed by atoms with E-state index >= 15 is 0 Å². The topological polar surface area (TPSA) is 78.4 Å². The number of rotatable bonds is 5. The van der Waals surface area contributed by atoms with Crippen LogP contribution in [0.1, 0.15) is 36.1 Å². The van der Waals surface area contributed by atoms with Crippen molar-refractivity contribution in [3.05, 3.63) is 21.9 Å². The van der Waals surface area contributed by atoms with Crippen molar-refractivity contribution in [2.45, 2.75) is 39.3 Å². The van der Waals surface area contributed by atoms with E-state index in [9.17, 15) is 9.59 Å². The van der Waals surface area contributed by atoms with Crippen LogP contribution >= 0.6 is 11.3 Å². The zero-order chi connectivity index (χ0) is 13.7. The largest absolute Gasteiger partial charge is 0.480 e. The van der Waals surface area contributed by atoms with Crippen LogP contribution in [0.25, 0.3) is 0 Å². The number of nitrogens with one attached hydrogen (secondary N) is 2. The Kier molecular flexibility index (Phi) is 5.15. The molecule has 0 saturated carbocycles. The van der Waals surface area contributed by atoms with Gasteiger partial charge in [-0.05, 0) is 32.4 Å². The molecule has 0 aliphatic heterocycles. The Bertz CT molecular complexity index is 431. The second-order valence-corrected chi connectivity index (χ2v) is 5.41. The summed E-state index contributed by atoms with van der Waals surface area (Å²) in [6.07, 6.45) is 0.356. The number of amides is 2. The van der Waals surface area contributed by atoms with E-state index in [0.717, 1.165) is 4.88 Å². The van der Waals surface area contributed by atoms with Crippen molar-refractivity contribution >= 4 is 23.3 Å². The summed E-state index contributed by atoms with van der Waals surface area (Å²) in [5, 5.41) is 14.0. The number of thiophene rings is 1. The van der Waals surface area contributed by atoms with Gasteiger partial charge in [-0.2, -0.15) is 0 Å². The Morgan fingerprint density at radius 1 is 1.39 bits per heavy atom. The van der Waals surface area contributed by atoms with Crippen molar-refractivity contribution in [3.63, 3.8) is 0 Å². The molecule has 0 aliphatic carbocycles. The van der Waals surface area contributed by atoms with Gasteiger partial charge in [0, 0.05) is 9.75 Å². The quantitative estimate of drug-likeness (QED) is 0.768. The molecule has 18 heavy (non-hydrogen) atoms. The summed E-state index contributed by atoms with van der Waals surface area (Å²) in [6.45, 7) is 5.58. The Morgan fingerprint density at radius 3 is 2.50 bits per heavy atom. The summed E-state index contributed by atoms with van der Waals surface area (Å²) in [4.78, 5) is 24.6. The number of carboxylic acids is 1. The zero-order valence-corrected chi connectivity index (χ0v) is 11.5. The number of urea groups is 1. The molecule has 0 aliphatic rings. The molecule has 2 atom stereocenters. The normalized spacial score (nSPS) is 13.7. The van der Waals surface area contributed by atoms with Crippen LogP contribution in [0.4, 0.5) is 4.79 Å². The Morgan fingerprint density at radius 2 is 2.06 bits per heavy atom. The second kappa shape index (κ2) is 6.39. The molecule has 0 bridgehead atoms. The molecular formula is C12H18N2O3S. The molecule has 0 aromatic carbocycles. The minimum Gasteiger partial charge on any atom is -0.480 e. The van der Waals surface area contributed by atoms with Gasteiger partial charge in [-0.15, -0.1) is 11.3 Å². The average molecular weight is 270 g/mol. The molecule has 1 aromatic rings. The van der Waals surface area contributed by atoms with Crippen molar-refractivity contribution in [3.8, 4) is 0 Å². The smallest absolute Gasteiger partial charge is 0.326 e. The van der Waals surface area contributed by atoms with E-state index in [2.05, 4.69) is 10.6 Å². The first-order valence-electron chi connectivity index (χ1n) is 5.80. The number of carbonyl (C=O) groups excluding carboxylic acids is 1. The third kappa shape index (κ3) is 4.03. The lowest BCUT2D eigenvalue weighted by Crippen LogP contribution is -2.46. The maximum absolute atomic E-state index is 11.6. The first-order chi connectivity index (χ1) is 8.43. The molecule has 1 aromatic heterocycles. The maximum Gasteiger partial charge on any atom is 0.326 e. The second-order valence-electron chi connectivity index (χ2n) is 4.09. The minimum absolute atomic E-state index is 0.130. The highest BCUT2D eigenvalue weighted by molar-refractivity contribution is 7.12. The van der Waals surface area contributed by atoms with Crippen LogP contribution < -0.4 is 10.6 Å². The SMILES string of the molecule is CC[C@H](NC(=O)NC(C)c1ccc(C)s1)C(=O)O. The van der Waals surface area contributed by atoms with Gasteiger partial charge in [-0.3, -0.25) is 0 Å². The molecule has 0 radical (unpaired) electrons. The number of hydrogen-bond acceptors (Lipinski definition) is 3. The number of hydrogen-bond donors (Lipinski definition) is 3. The van der Waals surface area contributed by atoms with Gasteiger partial charge in [0.05, 0.1) is 6.04 Å².